The third-order valence-corrected chi connectivity index (χ3v) is 19.3. The first-order valence-corrected chi connectivity index (χ1v) is 27.0. The second kappa shape index (κ2) is 17.5. The van der Waals surface area contributed by atoms with E-state index in [9.17, 15) is 0 Å². The Morgan fingerprint density at radius 3 is 1.30 bits per heavy atom. The molecule has 11 aromatic carbocycles. The summed E-state index contributed by atoms with van der Waals surface area (Å²) in [5, 5.41) is 13.0. The van der Waals surface area contributed by atoms with Gasteiger partial charge in [0.2, 0.25) is 6.71 Å². The molecule has 0 N–H and O–H groups in total. The predicted molar refractivity (Wildman–Crippen MR) is 307 cm³/mol. The smallest absolute Gasteiger partial charge is 0.248 e. The van der Waals surface area contributed by atoms with Crippen molar-refractivity contribution in [3.8, 4) is 0 Å². The highest BCUT2D eigenvalue weighted by Gasteiger charge is 2.44. The largest absolute Gasteiger partial charge is 0.307 e. The predicted octanol–water partition coefficient (Wildman–Crippen LogP) is 12.5. The Hall–Kier alpha value is -7.54. The van der Waals surface area contributed by atoms with Gasteiger partial charge in [-0.2, -0.15) is 0 Å². The Balaban J connectivity index is 1.10. The van der Waals surface area contributed by atoms with Crippen LogP contribution >= 0.6 is 15.8 Å². The zero-order chi connectivity index (χ0) is 46.9. The summed E-state index contributed by atoms with van der Waals surface area (Å²) >= 11 is 0. The maximum Gasteiger partial charge on any atom is 0.248 e. The van der Waals surface area contributed by atoms with E-state index in [1.807, 2.05) is 0 Å². The van der Waals surface area contributed by atoms with Gasteiger partial charge in [-0.25, -0.2) is 0 Å². The van der Waals surface area contributed by atoms with Gasteiger partial charge in [-0.3, -0.25) is 0 Å². The summed E-state index contributed by atoms with van der Waals surface area (Å²) in [4.78, 5) is 5.20. The van der Waals surface area contributed by atoms with Crippen LogP contribution in [0.3, 0.4) is 0 Å². The minimum Gasteiger partial charge on any atom is -0.307 e. The summed E-state index contributed by atoms with van der Waals surface area (Å²) in [6, 6.07) is 91.5. The quantitative estimate of drug-likeness (QED) is 0.111. The van der Waals surface area contributed by atoms with Crippen LogP contribution in [0.15, 0.2) is 243 Å². The molecular formula is C65H49BN2P2. The molecule has 0 radical (unpaired) electrons. The SMILES string of the molecule is Cc1cc(C)c(B2c3cc(P(c4ccccc4)c4ccccc4)ccc3N3c4cc5ccccc5cc4N(c4ccc(P(c5ccccc5)c5ccccc5)cc4)c4cc5ccccc5c2c43)c(C)c1. The molecule has 2 aliphatic rings. The van der Waals surface area contributed by atoms with Crippen LogP contribution in [0.5, 0.6) is 0 Å². The lowest BCUT2D eigenvalue weighted by Crippen LogP contribution is -2.60. The first-order chi connectivity index (χ1) is 34.5. The lowest BCUT2D eigenvalue weighted by atomic mass is 9.33. The van der Waals surface area contributed by atoms with Gasteiger partial charge in [0.1, 0.15) is 0 Å². The molecular weight excluding hydrogens is 881 g/mol. The molecule has 2 aliphatic heterocycles. The summed E-state index contributed by atoms with van der Waals surface area (Å²) < 4.78 is 0. The van der Waals surface area contributed by atoms with E-state index in [1.165, 1.54) is 115 Å². The topological polar surface area (TPSA) is 6.48 Å². The van der Waals surface area contributed by atoms with Gasteiger partial charge in [0.25, 0.3) is 0 Å². The van der Waals surface area contributed by atoms with Gasteiger partial charge >= 0.3 is 0 Å². The molecule has 0 bridgehead atoms. The highest BCUT2D eigenvalue weighted by molar-refractivity contribution is 7.80. The molecule has 2 nitrogen and oxygen atoms in total. The average molecular weight is 931 g/mol. The van der Waals surface area contributed by atoms with Crippen molar-refractivity contribution in [3.63, 3.8) is 0 Å². The number of rotatable bonds is 8. The molecule has 0 fully saturated rings. The van der Waals surface area contributed by atoms with Gasteiger partial charge in [-0.1, -0.05) is 228 Å². The molecule has 0 unspecified atom stereocenters. The third-order valence-electron chi connectivity index (χ3n) is 14.4. The maximum atomic E-state index is 2.63. The molecule has 0 aliphatic carbocycles. The summed E-state index contributed by atoms with van der Waals surface area (Å²) in [6.45, 7) is 6.86. The zero-order valence-corrected chi connectivity index (χ0v) is 41.2. The molecule has 0 saturated heterocycles. The van der Waals surface area contributed by atoms with E-state index in [0.29, 0.717) is 0 Å². The van der Waals surface area contributed by atoms with Crippen LogP contribution in [0.1, 0.15) is 16.7 Å². The first kappa shape index (κ1) is 42.6. The fraction of sp³-hybridized carbons (Fsp3) is 0.0462. The number of nitrogens with zero attached hydrogens (tertiary/aromatic N) is 2. The van der Waals surface area contributed by atoms with Gasteiger partial charge in [0, 0.05) is 11.4 Å². The monoisotopic (exact) mass is 930 g/mol. The zero-order valence-electron chi connectivity index (χ0n) is 39.5. The molecule has 0 saturated carbocycles. The van der Waals surface area contributed by atoms with Crippen LogP contribution in [0.25, 0.3) is 21.5 Å². The molecule has 0 spiro atoms. The molecule has 0 amide bonds. The highest BCUT2D eigenvalue weighted by atomic mass is 31.1. The van der Waals surface area contributed by atoms with Gasteiger partial charge in [0.15, 0.2) is 0 Å². The number of hydrogen-bond acceptors (Lipinski definition) is 2. The van der Waals surface area contributed by atoms with Crippen molar-refractivity contribution in [1.82, 2.24) is 0 Å². The van der Waals surface area contributed by atoms with Crippen molar-refractivity contribution in [1.29, 1.82) is 0 Å². The lowest BCUT2D eigenvalue weighted by Gasteiger charge is -2.46. The van der Waals surface area contributed by atoms with E-state index >= 15 is 0 Å². The standard InChI is InChI=1S/C65H49BN2P2/c1-44-38-45(2)63(46(3)39-44)66-58-43-56(70(53-27-12-6-13-28-53)54-29-14-7-15-30-54)36-37-59(58)68-61-41-48-21-17-16-20-47(48)40-60(61)67(62-42-49-22-18-19-31-57(49)64(66)65(62)68)50-32-34-55(35-33-50)69(51-23-8-4-9-24-51)52-25-10-5-11-26-52/h4-43H,1-3H3. The molecule has 0 atom stereocenters. The number of aryl methyl sites for hydroxylation is 3. The maximum absolute atomic E-state index is 2.63. The summed E-state index contributed by atoms with van der Waals surface area (Å²) in [7, 11) is -1.63. The Morgan fingerprint density at radius 2 is 0.757 bits per heavy atom. The van der Waals surface area contributed by atoms with E-state index in [1.54, 1.807) is 0 Å². The molecule has 0 aromatic heterocycles. The molecule has 13 rings (SSSR count). The summed E-state index contributed by atoms with van der Waals surface area (Å²) in [5.41, 5.74) is 15.2. The number of anilines is 6. The summed E-state index contributed by atoms with van der Waals surface area (Å²) in [6.07, 6.45) is 0. The second-order valence-electron chi connectivity index (χ2n) is 18.8. The van der Waals surface area contributed by atoms with Crippen molar-refractivity contribution in [3.05, 3.63) is 259 Å². The van der Waals surface area contributed by atoms with Crippen molar-refractivity contribution < 1.29 is 0 Å². The van der Waals surface area contributed by atoms with Crippen molar-refractivity contribution >= 4 is 126 Å². The Morgan fingerprint density at radius 1 is 0.329 bits per heavy atom. The van der Waals surface area contributed by atoms with E-state index in [2.05, 4.69) is 273 Å². The van der Waals surface area contributed by atoms with Crippen LogP contribution in [0, 0.1) is 20.8 Å². The van der Waals surface area contributed by atoms with Crippen LogP contribution in [0.4, 0.5) is 34.1 Å². The van der Waals surface area contributed by atoms with E-state index < -0.39 is 15.8 Å². The van der Waals surface area contributed by atoms with Gasteiger partial charge < -0.3 is 9.80 Å². The normalized spacial score (nSPS) is 12.7. The fourth-order valence-electron chi connectivity index (χ4n) is 11.6. The van der Waals surface area contributed by atoms with E-state index in [-0.39, 0.29) is 6.71 Å². The Kier molecular flexibility index (Phi) is 10.6. The summed E-state index contributed by atoms with van der Waals surface area (Å²) in [5.74, 6) is 0. The molecule has 11 aromatic rings. The number of hydrogen-bond donors (Lipinski definition) is 0. The Bertz CT molecular complexity index is 3670. The van der Waals surface area contributed by atoms with Crippen molar-refractivity contribution in [2.24, 2.45) is 0 Å². The first-order valence-electron chi connectivity index (χ1n) is 24.3. The minimum absolute atomic E-state index is 0.0402. The van der Waals surface area contributed by atoms with Gasteiger partial charge in [-0.05, 0) is 137 Å². The number of benzene rings is 11. The van der Waals surface area contributed by atoms with Crippen LogP contribution < -0.4 is 58.0 Å². The van der Waals surface area contributed by atoms with E-state index in [0.717, 1.165) is 5.69 Å². The van der Waals surface area contributed by atoms with Crippen LogP contribution in [0.2, 0.25) is 0 Å². The lowest BCUT2D eigenvalue weighted by molar-refractivity contribution is 1.18. The minimum atomic E-state index is -0.859. The van der Waals surface area contributed by atoms with E-state index in [4.69, 9.17) is 0 Å². The van der Waals surface area contributed by atoms with Crippen molar-refractivity contribution in [2.75, 3.05) is 9.80 Å². The number of fused-ring (bicyclic) bond motifs is 7. The fourth-order valence-corrected chi connectivity index (χ4v) is 16.2. The van der Waals surface area contributed by atoms with Crippen LogP contribution in [-0.4, -0.2) is 6.71 Å². The highest BCUT2D eigenvalue weighted by Crippen LogP contribution is 2.56. The van der Waals surface area contributed by atoms with Crippen molar-refractivity contribution in [2.45, 2.75) is 20.8 Å². The second-order valence-corrected chi connectivity index (χ2v) is 23.2. The third kappa shape index (κ3) is 7.11. The van der Waals surface area contributed by atoms with Gasteiger partial charge in [0.05, 0.1) is 22.7 Å². The molecule has 332 valence electrons. The Labute approximate surface area is 414 Å². The molecule has 70 heavy (non-hydrogen) atoms. The van der Waals surface area contributed by atoms with Crippen LogP contribution in [-0.2, 0) is 0 Å². The molecule has 2 heterocycles. The molecule has 5 heteroatoms. The van der Waals surface area contributed by atoms with Gasteiger partial charge in [-0.15, -0.1) is 0 Å². The average Bonchev–Trinajstić information content (AvgIpc) is 3.40.